The zero-order chi connectivity index (χ0) is 12.5. The van der Waals surface area contributed by atoms with E-state index >= 15 is 0 Å². The van der Waals surface area contributed by atoms with Crippen molar-refractivity contribution in [2.75, 3.05) is 11.4 Å². The fraction of sp³-hybridized carbons (Fsp3) is 0.308. The Labute approximate surface area is 120 Å². The summed E-state index contributed by atoms with van der Waals surface area (Å²) in [6.07, 6.45) is 3.90. The fourth-order valence-electron chi connectivity index (χ4n) is 2.35. The van der Waals surface area contributed by atoms with Gasteiger partial charge in [0, 0.05) is 47.1 Å². The van der Waals surface area contributed by atoms with Crippen LogP contribution in [0, 0.1) is 0 Å². The molecule has 1 aromatic carbocycles. The zero-order valence-electron chi connectivity index (χ0n) is 9.81. The summed E-state index contributed by atoms with van der Waals surface area (Å²) >= 11 is 9.77. The van der Waals surface area contributed by atoms with Crippen LogP contribution in [0.4, 0.5) is 5.69 Å². The highest BCUT2D eigenvalue weighted by Gasteiger charge is 2.19. The number of imidazole rings is 1. The molecule has 0 fully saturated rings. The van der Waals surface area contributed by atoms with Crippen LogP contribution in [0.5, 0.6) is 0 Å². The van der Waals surface area contributed by atoms with Crippen molar-refractivity contribution in [3.8, 4) is 0 Å². The lowest BCUT2D eigenvalue weighted by molar-refractivity contribution is 0.559. The Kier molecular flexibility index (Phi) is 3.31. The van der Waals surface area contributed by atoms with Crippen LogP contribution in [0.1, 0.15) is 11.4 Å². The molecule has 0 unspecified atom stereocenters. The first-order valence-corrected chi connectivity index (χ1v) is 7.38. The van der Waals surface area contributed by atoms with E-state index in [1.54, 1.807) is 0 Å². The van der Waals surface area contributed by atoms with Crippen LogP contribution in [0.25, 0.3) is 0 Å². The van der Waals surface area contributed by atoms with Crippen molar-refractivity contribution < 1.29 is 0 Å². The number of hydrogen-bond donors (Lipinski definition) is 0. The van der Waals surface area contributed by atoms with Crippen molar-refractivity contribution in [3.63, 3.8) is 0 Å². The third-order valence-corrected chi connectivity index (χ3v) is 4.23. The number of anilines is 1. The van der Waals surface area contributed by atoms with Gasteiger partial charge in [-0.05, 0) is 12.1 Å². The molecule has 0 saturated heterocycles. The van der Waals surface area contributed by atoms with E-state index in [4.69, 9.17) is 11.6 Å². The van der Waals surface area contributed by atoms with Crippen LogP contribution in [0.3, 0.4) is 0 Å². The highest BCUT2D eigenvalue weighted by molar-refractivity contribution is 9.08. The number of benzene rings is 1. The maximum atomic E-state index is 6.25. The minimum atomic E-state index is 0.771. The van der Waals surface area contributed by atoms with Gasteiger partial charge in [0.1, 0.15) is 5.82 Å². The average Bonchev–Trinajstić information content (AvgIpc) is 2.85. The minimum absolute atomic E-state index is 0.771. The molecule has 0 N–H and O–H groups in total. The summed E-state index contributed by atoms with van der Waals surface area (Å²) < 4.78 is 2.20. The molecule has 0 aliphatic carbocycles. The van der Waals surface area contributed by atoms with Crippen molar-refractivity contribution >= 4 is 33.2 Å². The first-order valence-electron chi connectivity index (χ1n) is 5.88. The number of fused-ring (bicyclic) bond motifs is 1. The highest BCUT2D eigenvalue weighted by atomic mass is 79.9. The standard InChI is InChI=1S/C13H13BrClN3/c14-8-10-11(15)2-1-3-12(10)18-7-6-17-5-4-16-13(17)9-18/h1-5H,6-9H2. The lowest BCUT2D eigenvalue weighted by atomic mass is 10.1. The summed E-state index contributed by atoms with van der Waals surface area (Å²) in [5, 5.41) is 1.59. The van der Waals surface area contributed by atoms with Gasteiger partial charge in [0.25, 0.3) is 0 Å². The van der Waals surface area contributed by atoms with Crippen LogP contribution >= 0.6 is 27.5 Å². The van der Waals surface area contributed by atoms with Crippen molar-refractivity contribution in [1.82, 2.24) is 9.55 Å². The molecule has 94 valence electrons. The Balaban J connectivity index is 1.95. The van der Waals surface area contributed by atoms with Crippen molar-refractivity contribution in [3.05, 3.63) is 47.0 Å². The molecule has 3 rings (SSSR count). The van der Waals surface area contributed by atoms with Crippen LogP contribution in [-0.2, 0) is 18.4 Å². The van der Waals surface area contributed by atoms with Gasteiger partial charge < -0.3 is 9.47 Å². The molecule has 2 aromatic rings. The maximum Gasteiger partial charge on any atom is 0.128 e. The zero-order valence-corrected chi connectivity index (χ0v) is 12.2. The van der Waals surface area contributed by atoms with Gasteiger partial charge in [-0.1, -0.05) is 33.6 Å². The first kappa shape index (κ1) is 12.1. The van der Waals surface area contributed by atoms with Gasteiger partial charge in [0.2, 0.25) is 0 Å². The Bertz CT molecular complexity index is 567. The molecule has 1 aromatic heterocycles. The third-order valence-electron chi connectivity index (χ3n) is 3.31. The smallest absolute Gasteiger partial charge is 0.128 e. The van der Waals surface area contributed by atoms with Gasteiger partial charge in [-0.25, -0.2) is 4.98 Å². The third kappa shape index (κ3) is 2.04. The van der Waals surface area contributed by atoms with Gasteiger partial charge in [0.05, 0.1) is 6.54 Å². The molecule has 5 heteroatoms. The number of hydrogen-bond acceptors (Lipinski definition) is 2. The number of alkyl halides is 1. The molecular formula is C13H13BrClN3. The summed E-state index contributed by atoms with van der Waals surface area (Å²) in [4.78, 5) is 6.73. The van der Waals surface area contributed by atoms with Crippen LogP contribution in [-0.4, -0.2) is 16.1 Å². The topological polar surface area (TPSA) is 21.1 Å². The van der Waals surface area contributed by atoms with Gasteiger partial charge in [-0.2, -0.15) is 0 Å². The maximum absolute atomic E-state index is 6.25. The quantitative estimate of drug-likeness (QED) is 0.788. The molecule has 1 aliphatic heterocycles. The number of aromatic nitrogens is 2. The largest absolute Gasteiger partial charge is 0.362 e. The lowest BCUT2D eigenvalue weighted by Gasteiger charge is -2.31. The predicted molar refractivity (Wildman–Crippen MR) is 77.4 cm³/mol. The Morgan fingerprint density at radius 3 is 3.06 bits per heavy atom. The number of halogens is 2. The molecule has 3 nitrogen and oxygen atoms in total. The summed E-state index contributed by atoms with van der Waals surface area (Å²) in [6.45, 7) is 2.81. The van der Waals surface area contributed by atoms with Crippen LogP contribution < -0.4 is 4.90 Å². The van der Waals surface area contributed by atoms with Crippen molar-refractivity contribution in [2.24, 2.45) is 0 Å². The van der Waals surface area contributed by atoms with Crippen molar-refractivity contribution in [2.45, 2.75) is 18.4 Å². The molecule has 0 amide bonds. The molecule has 0 atom stereocenters. The van der Waals surface area contributed by atoms with Gasteiger partial charge in [-0.15, -0.1) is 0 Å². The molecule has 18 heavy (non-hydrogen) atoms. The number of rotatable bonds is 2. The molecule has 0 spiro atoms. The van der Waals surface area contributed by atoms with E-state index in [2.05, 4.69) is 36.4 Å². The Morgan fingerprint density at radius 2 is 2.22 bits per heavy atom. The van der Waals surface area contributed by atoms with Crippen LogP contribution in [0.2, 0.25) is 5.02 Å². The summed E-state index contributed by atoms with van der Waals surface area (Å²) in [6, 6.07) is 6.07. The summed E-state index contributed by atoms with van der Waals surface area (Å²) in [5.74, 6) is 1.11. The second-order valence-corrected chi connectivity index (χ2v) is 5.30. The monoisotopic (exact) mass is 325 g/mol. The van der Waals surface area contributed by atoms with E-state index in [0.29, 0.717) is 0 Å². The second-order valence-electron chi connectivity index (χ2n) is 4.33. The van der Waals surface area contributed by atoms with E-state index in [0.717, 1.165) is 41.4 Å². The normalized spacial score (nSPS) is 14.7. The van der Waals surface area contributed by atoms with E-state index in [1.165, 1.54) is 5.69 Å². The first-order chi connectivity index (χ1) is 8.79. The average molecular weight is 327 g/mol. The number of nitrogens with zero attached hydrogens (tertiary/aromatic N) is 3. The molecule has 2 heterocycles. The highest BCUT2D eigenvalue weighted by Crippen LogP contribution is 2.31. The van der Waals surface area contributed by atoms with Crippen LogP contribution in [0.15, 0.2) is 30.6 Å². The molecule has 0 saturated carbocycles. The predicted octanol–water partition coefficient (Wildman–Crippen LogP) is 3.45. The summed E-state index contributed by atoms with van der Waals surface area (Å²) in [5.41, 5.74) is 2.35. The van der Waals surface area contributed by atoms with E-state index < -0.39 is 0 Å². The molecule has 0 radical (unpaired) electrons. The SMILES string of the molecule is Clc1cccc(N2CCn3ccnc3C2)c1CBr. The van der Waals surface area contributed by atoms with E-state index in [-0.39, 0.29) is 0 Å². The fourth-order valence-corrected chi connectivity index (χ4v) is 3.34. The second kappa shape index (κ2) is 4.94. The van der Waals surface area contributed by atoms with E-state index in [9.17, 15) is 0 Å². The van der Waals surface area contributed by atoms with Gasteiger partial charge in [-0.3, -0.25) is 0 Å². The van der Waals surface area contributed by atoms with Gasteiger partial charge in [0.15, 0.2) is 0 Å². The Morgan fingerprint density at radius 1 is 1.33 bits per heavy atom. The Hall–Kier alpha value is -1.00. The van der Waals surface area contributed by atoms with Crippen molar-refractivity contribution in [1.29, 1.82) is 0 Å². The van der Waals surface area contributed by atoms with E-state index in [1.807, 2.05) is 24.5 Å². The van der Waals surface area contributed by atoms with Gasteiger partial charge >= 0.3 is 0 Å². The summed E-state index contributed by atoms with van der Waals surface area (Å²) in [7, 11) is 0. The molecule has 1 aliphatic rings. The molecular weight excluding hydrogens is 314 g/mol. The lowest BCUT2D eigenvalue weighted by Crippen LogP contribution is -2.34. The minimum Gasteiger partial charge on any atom is -0.362 e. The molecule has 0 bridgehead atoms.